The van der Waals surface area contributed by atoms with E-state index in [1.54, 1.807) is 24.4 Å². The second-order valence-corrected chi connectivity index (χ2v) is 11.5. The Bertz CT molecular complexity index is 1110. The van der Waals surface area contributed by atoms with E-state index in [0.717, 1.165) is 28.0 Å². The van der Waals surface area contributed by atoms with Gasteiger partial charge >= 0.3 is 0 Å². The third-order valence-electron chi connectivity index (χ3n) is 8.11. The van der Waals surface area contributed by atoms with Gasteiger partial charge in [-0.3, -0.25) is 9.78 Å². The number of pyridine rings is 1. The first kappa shape index (κ1) is 19.0. The van der Waals surface area contributed by atoms with Gasteiger partial charge in [0.25, 0.3) is 0 Å². The van der Waals surface area contributed by atoms with E-state index < -0.39 is 27.3 Å². The van der Waals surface area contributed by atoms with Crippen LogP contribution in [0.5, 0.6) is 0 Å². The van der Waals surface area contributed by atoms with Crippen molar-refractivity contribution in [1.82, 2.24) is 9.29 Å². The molecule has 2 saturated carbocycles. The second-order valence-electron chi connectivity index (χ2n) is 9.46. The average molecular weight is 415 g/mol. The van der Waals surface area contributed by atoms with Crippen molar-refractivity contribution in [2.75, 3.05) is 6.54 Å². The van der Waals surface area contributed by atoms with Crippen LogP contribution in [0.4, 0.5) is 0 Å². The number of aliphatic hydroxyl groups is 1. The molecule has 1 N–H and O–H groups in total. The zero-order valence-electron chi connectivity index (χ0n) is 16.7. The molecule has 1 spiro atoms. The molecule has 1 aliphatic heterocycles. The molecule has 1 aromatic heterocycles. The molecule has 4 atom stereocenters. The van der Waals surface area contributed by atoms with Crippen LogP contribution in [0.3, 0.4) is 0 Å². The predicted molar refractivity (Wildman–Crippen MR) is 109 cm³/mol. The zero-order chi connectivity index (χ0) is 20.6. The molecule has 29 heavy (non-hydrogen) atoms. The Labute approximate surface area is 171 Å². The van der Waals surface area contributed by atoms with Gasteiger partial charge in [0.15, 0.2) is 0 Å². The molecule has 1 aromatic carbocycles. The molecule has 7 heteroatoms. The summed E-state index contributed by atoms with van der Waals surface area (Å²) in [5, 5.41) is 11.1. The lowest BCUT2D eigenvalue weighted by Crippen LogP contribution is -2.39. The molecule has 0 radical (unpaired) electrons. The fraction of sp³-hybridized carbons (Fsp3) is 0.545. The molecule has 3 aliphatic rings. The highest BCUT2D eigenvalue weighted by Crippen LogP contribution is 2.70. The Morgan fingerprint density at radius 3 is 2.86 bits per heavy atom. The minimum absolute atomic E-state index is 0.0796. The molecular formula is C22H26N2O4S. The Hall–Kier alpha value is -1.99. The molecule has 1 amide bonds. The van der Waals surface area contributed by atoms with Crippen molar-refractivity contribution in [3.05, 3.63) is 42.1 Å². The molecule has 3 fully saturated rings. The SMILES string of the molecule is CC1(C)C2CCC13CN(C(=O)C[C@@H](O)c1ccc4ncccc4c1)S(=O)(=O)[C@H]3C2. The minimum atomic E-state index is -3.67. The van der Waals surface area contributed by atoms with Gasteiger partial charge in [0.05, 0.1) is 23.3 Å². The summed E-state index contributed by atoms with van der Waals surface area (Å²) in [5.41, 5.74) is 0.979. The number of fused-ring (bicyclic) bond motifs is 2. The first-order valence-electron chi connectivity index (χ1n) is 10.2. The van der Waals surface area contributed by atoms with Crippen molar-refractivity contribution in [3.63, 3.8) is 0 Å². The van der Waals surface area contributed by atoms with E-state index in [4.69, 9.17) is 0 Å². The number of hydrogen-bond acceptors (Lipinski definition) is 5. The van der Waals surface area contributed by atoms with E-state index in [9.17, 15) is 18.3 Å². The van der Waals surface area contributed by atoms with Gasteiger partial charge in [-0.15, -0.1) is 0 Å². The number of aromatic nitrogens is 1. The Morgan fingerprint density at radius 1 is 1.34 bits per heavy atom. The molecule has 2 unspecified atom stereocenters. The number of aliphatic hydroxyl groups excluding tert-OH is 1. The normalized spacial score (nSPS) is 32.4. The standard InChI is InChI=1S/C22H26N2O4S/c1-21(2)16-7-8-22(21)13-24(29(27,28)19(22)11-16)20(26)12-18(25)15-5-6-17-14(10-15)4-3-9-23-17/h3-6,9-10,16,18-19,25H,7-8,11-13H2,1-2H3/t16?,18-,19+,22?/m1/s1. The summed E-state index contributed by atoms with van der Waals surface area (Å²) in [6.45, 7) is 4.58. The van der Waals surface area contributed by atoms with E-state index in [2.05, 4.69) is 18.8 Å². The predicted octanol–water partition coefficient (Wildman–Crippen LogP) is 3.03. The van der Waals surface area contributed by atoms with Crippen LogP contribution < -0.4 is 0 Å². The molecule has 2 aromatic rings. The van der Waals surface area contributed by atoms with Gasteiger partial charge < -0.3 is 5.11 Å². The van der Waals surface area contributed by atoms with Crippen LogP contribution in [0.25, 0.3) is 10.9 Å². The van der Waals surface area contributed by atoms with Crippen molar-refractivity contribution >= 4 is 26.8 Å². The van der Waals surface area contributed by atoms with Crippen LogP contribution in [0, 0.1) is 16.7 Å². The van der Waals surface area contributed by atoms with Crippen LogP contribution >= 0.6 is 0 Å². The molecule has 6 nitrogen and oxygen atoms in total. The van der Waals surface area contributed by atoms with Crippen molar-refractivity contribution in [3.8, 4) is 0 Å². The fourth-order valence-corrected chi connectivity index (χ4v) is 8.82. The van der Waals surface area contributed by atoms with E-state index >= 15 is 0 Å². The molecule has 2 heterocycles. The van der Waals surface area contributed by atoms with E-state index in [-0.39, 0.29) is 23.8 Å². The lowest BCUT2D eigenvalue weighted by Gasteiger charge is -2.36. The summed E-state index contributed by atoms with van der Waals surface area (Å²) in [7, 11) is -3.67. The quantitative estimate of drug-likeness (QED) is 0.834. The van der Waals surface area contributed by atoms with Gasteiger partial charge in [-0.25, -0.2) is 12.7 Å². The summed E-state index contributed by atoms with van der Waals surface area (Å²) in [6, 6.07) is 9.05. The van der Waals surface area contributed by atoms with Gasteiger partial charge in [0, 0.05) is 23.5 Å². The molecular weight excluding hydrogens is 388 g/mol. The molecule has 1 saturated heterocycles. The largest absolute Gasteiger partial charge is 0.388 e. The van der Waals surface area contributed by atoms with E-state index in [1.165, 1.54) is 0 Å². The highest BCUT2D eigenvalue weighted by atomic mass is 32.2. The third kappa shape index (κ3) is 2.46. The number of amides is 1. The highest BCUT2D eigenvalue weighted by Gasteiger charge is 2.72. The Morgan fingerprint density at radius 2 is 2.14 bits per heavy atom. The fourth-order valence-electron chi connectivity index (χ4n) is 6.20. The highest BCUT2D eigenvalue weighted by molar-refractivity contribution is 7.90. The van der Waals surface area contributed by atoms with Gasteiger partial charge in [-0.1, -0.05) is 26.0 Å². The lowest BCUT2D eigenvalue weighted by atomic mass is 9.69. The monoisotopic (exact) mass is 414 g/mol. The Balaban J connectivity index is 1.39. The van der Waals surface area contributed by atoms with Gasteiger partial charge in [0.2, 0.25) is 15.9 Å². The number of hydrogen-bond donors (Lipinski definition) is 1. The molecule has 154 valence electrons. The number of sulfonamides is 1. The molecule has 2 aliphatic carbocycles. The molecule has 2 bridgehead atoms. The van der Waals surface area contributed by atoms with Crippen molar-refractivity contribution in [1.29, 1.82) is 0 Å². The maximum atomic E-state index is 13.2. The second kappa shape index (κ2) is 6.01. The number of carbonyl (C=O) groups is 1. The van der Waals surface area contributed by atoms with Crippen molar-refractivity contribution in [2.24, 2.45) is 16.7 Å². The van der Waals surface area contributed by atoms with Crippen LogP contribution in [0.1, 0.15) is 51.2 Å². The van der Waals surface area contributed by atoms with E-state index in [0.29, 0.717) is 17.9 Å². The first-order valence-corrected chi connectivity index (χ1v) is 11.7. The summed E-state index contributed by atoms with van der Waals surface area (Å²) in [5.74, 6) is -0.0943. The van der Waals surface area contributed by atoms with Gasteiger partial charge in [-0.2, -0.15) is 0 Å². The topological polar surface area (TPSA) is 87.6 Å². The van der Waals surface area contributed by atoms with Crippen LogP contribution in [0.15, 0.2) is 36.5 Å². The zero-order valence-corrected chi connectivity index (χ0v) is 17.5. The van der Waals surface area contributed by atoms with Crippen LogP contribution in [-0.2, 0) is 14.8 Å². The Kier molecular flexibility index (Phi) is 3.94. The summed E-state index contributed by atoms with van der Waals surface area (Å²) < 4.78 is 27.5. The summed E-state index contributed by atoms with van der Waals surface area (Å²) in [6.07, 6.45) is 2.96. The van der Waals surface area contributed by atoms with E-state index in [1.807, 2.05) is 12.1 Å². The van der Waals surface area contributed by atoms with Crippen LogP contribution in [0.2, 0.25) is 0 Å². The summed E-state index contributed by atoms with van der Waals surface area (Å²) in [4.78, 5) is 17.3. The maximum absolute atomic E-state index is 13.2. The molecule has 5 rings (SSSR count). The number of nitrogens with zero attached hydrogens (tertiary/aromatic N) is 2. The van der Waals surface area contributed by atoms with Crippen LogP contribution in [-0.4, -0.2) is 40.5 Å². The first-order chi connectivity index (χ1) is 13.7. The number of carbonyl (C=O) groups excluding carboxylic acids is 1. The van der Waals surface area contributed by atoms with Crippen molar-refractivity contribution < 1.29 is 18.3 Å². The number of benzene rings is 1. The smallest absolute Gasteiger partial charge is 0.240 e. The lowest BCUT2D eigenvalue weighted by molar-refractivity contribution is -0.129. The number of rotatable bonds is 3. The maximum Gasteiger partial charge on any atom is 0.240 e. The van der Waals surface area contributed by atoms with Gasteiger partial charge in [0.1, 0.15) is 0 Å². The van der Waals surface area contributed by atoms with Gasteiger partial charge in [-0.05, 0) is 54.4 Å². The minimum Gasteiger partial charge on any atom is -0.388 e. The summed E-state index contributed by atoms with van der Waals surface area (Å²) >= 11 is 0. The third-order valence-corrected chi connectivity index (χ3v) is 10.4. The van der Waals surface area contributed by atoms with Crippen molar-refractivity contribution in [2.45, 2.75) is 50.9 Å². The average Bonchev–Trinajstić information content (AvgIpc) is 3.19.